The maximum atomic E-state index is 12.1. The van der Waals surface area contributed by atoms with E-state index < -0.39 is 12.0 Å². The number of nitrogens with one attached hydrogen (secondary N) is 1. The van der Waals surface area contributed by atoms with Crippen LogP contribution < -0.4 is 10.1 Å². The van der Waals surface area contributed by atoms with Crippen molar-refractivity contribution in [2.24, 2.45) is 0 Å². The highest BCUT2D eigenvalue weighted by atomic mass is 16.5. The standard InChI is InChI=1S/C19H21NO3/c1-4-23-19(21)14(2)18(15-10-6-5-7-11-15)20-16-12-8-9-13-17(16)22-3/h5-13,18,20H,2,4H2,1,3H3. The number of carbonyl (C=O) groups is 1. The monoisotopic (exact) mass is 311 g/mol. The third kappa shape index (κ3) is 4.13. The summed E-state index contributed by atoms with van der Waals surface area (Å²) in [5.74, 6) is 0.286. The molecule has 0 aromatic heterocycles. The fourth-order valence-electron chi connectivity index (χ4n) is 2.28. The van der Waals surface area contributed by atoms with Gasteiger partial charge in [0.25, 0.3) is 0 Å². The lowest BCUT2D eigenvalue weighted by Gasteiger charge is -2.23. The van der Waals surface area contributed by atoms with Gasteiger partial charge < -0.3 is 14.8 Å². The predicted octanol–water partition coefficient (Wildman–Crippen LogP) is 3.97. The second-order valence-corrected chi connectivity index (χ2v) is 4.93. The number of esters is 1. The Bertz CT molecular complexity index is 667. The van der Waals surface area contributed by atoms with E-state index in [0.29, 0.717) is 17.9 Å². The van der Waals surface area contributed by atoms with Gasteiger partial charge in [-0.3, -0.25) is 0 Å². The van der Waals surface area contributed by atoms with Crippen LogP contribution in [0.3, 0.4) is 0 Å². The largest absolute Gasteiger partial charge is 0.495 e. The number of hydrogen-bond acceptors (Lipinski definition) is 4. The van der Waals surface area contributed by atoms with Gasteiger partial charge in [-0.2, -0.15) is 0 Å². The number of ether oxygens (including phenoxy) is 2. The maximum Gasteiger partial charge on any atom is 0.335 e. The van der Waals surface area contributed by atoms with E-state index in [2.05, 4.69) is 11.9 Å². The Morgan fingerprint density at radius 3 is 2.43 bits per heavy atom. The van der Waals surface area contributed by atoms with Crippen LogP contribution in [-0.2, 0) is 9.53 Å². The van der Waals surface area contributed by atoms with Crippen molar-refractivity contribution >= 4 is 11.7 Å². The summed E-state index contributed by atoms with van der Waals surface area (Å²) in [6, 6.07) is 16.8. The van der Waals surface area contributed by atoms with E-state index >= 15 is 0 Å². The molecule has 0 aliphatic heterocycles. The van der Waals surface area contributed by atoms with Crippen molar-refractivity contribution in [2.45, 2.75) is 13.0 Å². The zero-order chi connectivity index (χ0) is 16.7. The molecule has 2 aromatic rings. The topological polar surface area (TPSA) is 47.6 Å². The van der Waals surface area contributed by atoms with Gasteiger partial charge in [0.05, 0.1) is 31.0 Å². The molecule has 0 heterocycles. The molecule has 2 rings (SSSR count). The Morgan fingerprint density at radius 1 is 1.13 bits per heavy atom. The number of carbonyl (C=O) groups excluding carboxylic acids is 1. The van der Waals surface area contributed by atoms with Crippen LogP contribution in [0.1, 0.15) is 18.5 Å². The summed E-state index contributed by atoms with van der Waals surface area (Å²) in [5, 5.41) is 3.33. The van der Waals surface area contributed by atoms with Crippen LogP contribution >= 0.6 is 0 Å². The van der Waals surface area contributed by atoms with Crippen molar-refractivity contribution in [1.82, 2.24) is 0 Å². The Morgan fingerprint density at radius 2 is 1.78 bits per heavy atom. The van der Waals surface area contributed by atoms with E-state index in [9.17, 15) is 4.79 Å². The Kier molecular flexibility index (Phi) is 5.80. The highest BCUT2D eigenvalue weighted by molar-refractivity contribution is 5.90. The summed E-state index contributed by atoms with van der Waals surface area (Å²) < 4.78 is 10.5. The van der Waals surface area contributed by atoms with Crippen LogP contribution in [0, 0.1) is 0 Å². The molecule has 0 saturated heterocycles. The third-order valence-corrected chi connectivity index (χ3v) is 3.43. The van der Waals surface area contributed by atoms with Crippen molar-refractivity contribution < 1.29 is 14.3 Å². The Hall–Kier alpha value is -2.75. The average Bonchev–Trinajstić information content (AvgIpc) is 2.60. The molecule has 0 saturated carbocycles. The quantitative estimate of drug-likeness (QED) is 0.621. The van der Waals surface area contributed by atoms with E-state index in [1.165, 1.54) is 0 Å². The van der Waals surface area contributed by atoms with Crippen LogP contribution in [0.2, 0.25) is 0 Å². The third-order valence-electron chi connectivity index (χ3n) is 3.43. The van der Waals surface area contributed by atoms with E-state index in [-0.39, 0.29) is 0 Å². The van der Waals surface area contributed by atoms with E-state index in [0.717, 1.165) is 11.3 Å². The molecule has 0 amide bonds. The summed E-state index contributed by atoms with van der Waals surface area (Å²) in [7, 11) is 1.61. The molecule has 0 aliphatic rings. The lowest BCUT2D eigenvalue weighted by molar-refractivity contribution is -0.138. The molecule has 4 heteroatoms. The first-order valence-electron chi connectivity index (χ1n) is 7.47. The van der Waals surface area contributed by atoms with Crippen LogP contribution in [0.25, 0.3) is 0 Å². The molecule has 1 unspecified atom stereocenters. The molecule has 4 nitrogen and oxygen atoms in total. The van der Waals surface area contributed by atoms with Crippen molar-refractivity contribution in [3.63, 3.8) is 0 Å². The second kappa shape index (κ2) is 8.03. The minimum atomic E-state index is -0.413. The van der Waals surface area contributed by atoms with Gasteiger partial charge in [-0.25, -0.2) is 4.79 Å². The van der Waals surface area contributed by atoms with Gasteiger partial charge in [-0.1, -0.05) is 49.0 Å². The van der Waals surface area contributed by atoms with Crippen LogP contribution in [0.15, 0.2) is 66.7 Å². The lowest BCUT2D eigenvalue weighted by atomic mass is 9.99. The number of para-hydroxylation sites is 2. The van der Waals surface area contributed by atoms with Gasteiger partial charge in [0.1, 0.15) is 5.75 Å². The molecule has 0 spiro atoms. The van der Waals surface area contributed by atoms with Gasteiger partial charge in [0, 0.05) is 0 Å². The Labute approximate surface area is 136 Å². The number of rotatable bonds is 7. The molecular formula is C19H21NO3. The second-order valence-electron chi connectivity index (χ2n) is 4.93. The molecule has 23 heavy (non-hydrogen) atoms. The van der Waals surface area contributed by atoms with Crippen molar-refractivity contribution in [2.75, 3.05) is 19.0 Å². The van der Waals surface area contributed by atoms with Crippen molar-refractivity contribution in [1.29, 1.82) is 0 Å². The van der Waals surface area contributed by atoms with Crippen molar-refractivity contribution in [3.05, 3.63) is 72.3 Å². The molecule has 0 bridgehead atoms. The first kappa shape index (κ1) is 16.6. The molecule has 0 radical (unpaired) electrons. The van der Waals surface area contributed by atoms with E-state index in [1.807, 2.05) is 54.6 Å². The van der Waals surface area contributed by atoms with Gasteiger partial charge in [0.2, 0.25) is 0 Å². The van der Waals surface area contributed by atoms with Crippen LogP contribution in [0.5, 0.6) is 5.75 Å². The zero-order valence-electron chi connectivity index (χ0n) is 13.4. The fraction of sp³-hybridized carbons (Fsp3) is 0.211. The average molecular weight is 311 g/mol. The number of methoxy groups -OCH3 is 1. The van der Waals surface area contributed by atoms with Crippen LogP contribution in [-0.4, -0.2) is 19.7 Å². The minimum absolute atomic E-state index is 0.314. The van der Waals surface area contributed by atoms with E-state index in [1.54, 1.807) is 14.0 Å². The molecule has 0 aliphatic carbocycles. The summed E-state index contributed by atoms with van der Waals surface area (Å²) >= 11 is 0. The SMILES string of the molecule is C=C(C(=O)OCC)C(Nc1ccccc1OC)c1ccccc1. The van der Waals surface area contributed by atoms with Gasteiger partial charge in [0.15, 0.2) is 0 Å². The first-order chi connectivity index (χ1) is 11.2. The number of hydrogen-bond donors (Lipinski definition) is 1. The molecule has 1 atom stereocenters. The molecule has 120 valence electrons. The van der Waals surface area contributed by atoms with Gasteiger partial charge >= 0.3 is 5.97 Å². The lowest BCUT2D eigenvalue weighted by Crippen LogP contribution is -2.20. The van der Waals surface area contributed by atoms with Gasteiger partial charge in [-0.05, 0) is 24.6 Å². The molecule has 2 aromatic carbocycles. The molecular weight excluding hydrogens is 290 g/mol. The molecule has 0 fully saturated rings. The highest BCUT2D eigenvalue weighted by Crippen LogP contribution is 2.31. The summed E-state index contributed by atoms with van der Waals surface area (Å²) in [6.07, 6.45) is 0. The highest BCUT2D eigenvalue weighted by Gasteiger charge is 2.22. The number of anilines is 1. The van der Waals surface area contributed by atoms with Crippen LogP contribution in [0.4, 0.5) is 5.69 Å². The van der Waals surface area contributed by atoms with Gasteiger partial charge in [-0.15, -0.1) is 0 Å². The fourth-order valence-corrected chi connectivity index (χ4v) is 2.28. The number of benzene rings is 2. The predicted molar refractivity (Wildman–Crippen MR) is 91.6 cm³/mol. The zero-order valence-corrected chi connectivity index (χ0v) is 13.4. The smallest absolute Gasteiger partial charge is 0.335 e. The molecule has 1 N–H and O–H groups in total. The summed E-state index contributed by atoms with van der Waals surface area (Å²) in [6.45, 7) is 6.01. The minimum Gasteiger partial charge on any atom is -0.495 e. The first-order valence-corrected chi connectivity index (χ1v) is 7.47. The summed E-state index contributed by atoms with van der Waals surface area (Å²) in [4.78, 5) is 12.1. The Balaban J connectivity index is 2.34. The van der Waals surface area contributed by atoms with E-state index in [4.69, 9.17) is 9.47 Å². The normalized spacial score (nSPS) is 11.4. The maximum absolute atomic E-state index is 12.1. The van der Waals surface area contributed by atoms with Crippen molar-refractivity contribution in [3.8, 4) is 5.75 Å². The summed E-state index contributed by atoms with van der Waals surface area (Å²) in [5.41, 5.74) is 2.06.